The average Bonchev–Trinajstić information content (AvgIpc) is 2.55. The summed E-state index contributed by atoms with van der Waals surface area (Å²) in [7, 11) is 0. The summed E-state index contributed by atoms with van der Waals surface area (Å²) in [4.78, 5) is 23.5. The normalized spacial score (nSPS) is 12.9. The van der Waals surface area contributed by atoms with Crippen molar-refractivity contribution in [2.45, 2.75) is 25.4 Å². The van der Waals surface area contributed by atoms with Gasteiger partial charge in [-0.2, -0.15) is 0 Å². The van der Waals surface area contributed by atoms with Crippen molar-refractivity contribution in [1.29, 1.82) is 0 Å². The molecule has 24 heavy (non-hydrogen) atoms. The lowest BCUT2D eigenvalue weighted by molar-refractivity contribution is -0.122. The zero-order valence-corrected chi connectivity index (χ0v) is 13.3. The predicted molar refractivity (Wildman–Crippen MR) is 89.5 cm³/mol. The van der Waals surface area contributed by atoms with Gasteiger partial charge in [0.15, 0.2) is 0 Å². The van der Waals surface area contributed by atoms with Crippen LogP contribution in [0.5, 0.6) is 0 Å². The highest BCUT2D eigenvalue weighted by Crippen LogP contribution is 2.18. The smallest absolute Gasteiger partial charge is 0.312 e. The quantitative estimate of drug-likeness (QED) is 0.761. The number of carbonyl (C=O) groups excluding carboxylic acids is 2. The Balaban J connectivity index is 2.02. The molecule has 0 saturated carbocycles. The Hall–Kier alpha value is -2.89. The summed E-state index contributed by atoms with van der Waals surface area (Å²) in [5.74, 6) is -0.568. The number of halogens is 1. The second kappa shape index (κ2) is 8.10. The van der Waals surface area contributed by atoms with Crippen molar-refractivity contribution in [2.75, 3.05) is 0 Å². The molecule has 0 heterocycles. The Morgan fingerprint density at radius 3 is 2.21 bits per heavy atom. The molecule has 0 aromatic heterocycles. The van der Waals surface area contributed by atoms with Crippen LogP contribution in [0.25, 0.3) is 0 Å². The summed E-state index contributed by atoms with van der Waals surface area (Å²) in [5.41, 5.74) is 6.78. The van der Waals surface area contributed by atoms with E-state index in [0.717, 1.165) is 11.1 Å². The molecule has 0 spiro atoms. The van der Waals surface area contributed by atoms with Crippen molar-refractivity contribution in [1.82, 2.24) is 10.6 Å². The second-order valence-electron chi connectivity index (χ2n) is 5.52. The minimum atomic E-state index is -0.691. The molecule has 0 unspecified atom stereocenters. The van der Waals surface area contributed by atoms with E-state index < -0.39 is 12.1 Å². The van der Waals surface area contributed by atoms with Crippen molar-refractivity contribution in [3.63, 3.8) is 0 Å². The van der Waals surface area contributed by atoms with Crippen LogP contribution < -0.4 is 16.4 Å². The minimum absolute atomic E-state index is 0.0541. The summed E-state index contributed by atoms with van der Waals surface area (Å²) in [6.45, 7) is 1.81. The fourth-order valence-electron chi connectivity index (χ4n) is 2.43. The summed E-state index contributed by atoms with van der Waals surface area (Å²) >= 11 is 0. The maximum atomic E-state index is 13.0. The van der Waals surface area contributed by atoms with Gasteiger partial charge in [-0.1, -0.05) is 42.5 Å². The molecule has 6 heteroatoms. The van der Waals surface area contributed by atoms with E-state index in [1.54, 1.807) is 12.1 Å². The third-order valence-corrected chi connectivity index (χ3v) is 3.66. The van der Waals surface area contributed by atoms with E-state index in [1.165, 1.54) is 12.1 Å². The number of nitrogens with two attached hydrogens (primary N) is 1. The summed E-state index contributed by atoms with van der Waals surface area (Å²) < 4.78 is 13.0. The lowest BCUT2D eigenvalue weighted by Gasteiger charge is -2.20. The molecule has 5 nitrogen and oxygen atoms in total. The first-order valence-electron chi connectivity index (χ1n) is 7.61. The highest BCUT2D eigenvalue weighted by Gasteiger charge is 2.18. The fourth-order valence-corrected chi connectivity index (χ4v) is 2.43. The molecule has 0 saturated heterocycles. The van der Waals surface area contributed by atoms with Gasteiger partial charge >= 0.3 is 6.03 Å². The van der Waals surface area contributed by atoms with Crippen molar-refractivity contribution in [3.05, 3.63) is 71.5 Å². The SMILES string of the molecule is C[C@@H](NC(=O)C[C@@H](NC(N)=O)c1ccccc1)c1ccc(F)cc1. The van der Waals surface area contributed by atoms with Crippen LogP contribution in [-0.2, 0) is 4.79 Å². The van der Waals surface area contributed by atoms with Crippen LogP contribution in [-0.4, -0.2) is 11.9 Å². The third-order valence-electron chi connectivity index (χ3n) is 3.66. The number of primary amides is 1. The Morgan fingerprint density at radius 1 is 1.00 bits per heavy atom. The van der Waals surface area contributed by atoms with E-state index in [2.05, 4.69) is 10.6 Å². The van der Waals surface area contributed by atoms with Crippen molar-refractivity contribution in [3.8, 4) is 0 Å². The highest BCUT2D eigenvalue weighted by atomic mass is 19.1. The van der Waals surface area contributed by atoms with Crippen molar-refractivity contribution in [2.24, 2.45) is 5.73 Å². The monoisotopic (exact) mass is 329 g/mol. The Labute approximate surface area is 140 Å². The maximum absolute atomic E-state index is 13.0. The molecule has 0 radical (unpaired) electrons. The van der Waals surface area contributed by atoms with Crippen LogP contribution in [0.3, 0.4) is 0 Å². The van der Waals surface area contributed by atoms with Gasteiger partial charge in [0.25, 0.3) is 0 Å². The van der Waals surface area contributed by atoms with E-state index in [-0.39, 0.29) is 24.2 Å². The van der Waals surface area contributed by atoms with E-state index in [4.69, 9.17) is 5.73 Å². The number of hydrogen-bond donors (Lipinski definition) is 3. The Bertz CT molecular complexity index is 689. The first-order valence-corrected chi connectivity index (χ1v) is 7.61. The maximum Gasteiger partial charge on any atom is 0.312 e. The first-order chi connectivity index (χ1) is 11.5. The lowest BCUT2D eigenvalue weighted by Crippen LogP contribution is -2.37. The molecule has 4 N–H and O–H groups in total. The number of benzene rings is 2. The average molecular weight is 329 g/mol. The molecule has 2 aromatic carbocycles. The van der Waals surface area contributed by atoms with Crippen molar-refractivity contribution < 1.29 is 14.0 Å². The number of nitrogens with one attached hydrogen (secondary N) is 2. The van der Waals surface area contributed by atoms with Crippen LogP contribution in [0.4, 0.5) is 9.18 Å². The second-order valence-corrected chi connectivity index (χ2v) is 5.52. The highest BCUT2D eigenvalue weighted by molar-refractivity contribution is 5.79. The molecule has 2 aromatic rings. The molecule has 0 aliphatic rings. The van der Waals surface area contributed by atoms with Gasteiger partial charge < -0.3 is 16.4 Å². The van der Waals surface area contributed by atoms with E-state index >= 15 is 0 Å². The number of rotatable bonds is 6. The molecule has 3 amide bonds. The van der Waals surface area contributed by atoms with Crippen LogP contribution >= 0.6 is 0 Å². The van der Waals surface area contributed by atoms with E-state index in [0.29, 0.717) is 0 Å². The minimum Gasteiger partial charge on any atom is -0.352 e. The molecule has 2 atom stereocenters. The molecular weight excluding hydrogens is 309 g/mol. The fraction of sp³-hybridized carbons (Fsp3) is 0.222. The van der Waals surface area contributed by atoms with Crippen molar-refractivity contribution >= 4 is 11.9 Å². The van der Waals surface area contributed by atoms with Crippen LogP contribution in [0, 0.1) is 5.82 Å². The summed E-state index contributed by atoms with van der Waals surface area (Å²) in [5, 5.41) is 5.41. The van der Waals surface area contributed by atoms with Crippen LogP contribution in [0.2, 0.25) is 0 Å². The number of hydrogen-bond acceptors (Lipinski definition) is 2. The Kier molecular flexibility index (Phi) is 5.89. The third kappa shape index (κ3) is 5.08. The van der Waals surface area contributed by atoms with Gasteiger partial charge in [-0.05, 0) is 30.2 Å². The molecule has 0 bridgehead atoms. The largest absolute Gasteiger partial charge is 0.352 e. The van der Waals surface area contributed by atoms with Gasteiger partial charge in [0.2, 0.25) is 5.91 Å². The predicted octanol–water partition coefficient (Wildman–Crippen LogP) is 2.80. The van der Waals surface area contributed by atoms with Gasteiger partial charge in [0, 0.05) is 0 Å². The summed E-state index contributed by atoms with van der Waals surface area (Å²) in [6, 6.07) is 13.6. The number of urea groups is 1. The zero-order chi connectivity index (χ0) is 17.5. The van der Waals surface area contributed by atoms with Crippen LogP contribution in [0.1, 0.15) is 36.6 Å². The number of amides is 3. The molecule has 0 aliphatic carbocycles. The molecule has 0 fully saturated rings. The summed E-state index contributed by atoms with van der Waals surface area (Å²) in [6.07, 6.45) is 0.0541. The molecular formula is C18H20FN3O2. The molecule has 126 valence electrons. The molecule has 2 rings (SSSR count). The Morgan fingerprint density at radius 2 is 1.62 bits per heavy atom. The zero-order valence-electron chi connectivity index (χ0n) is 13.3. The van der Waals surface area contributed by atoms with Gasteiger partial charge in [-0.3, -0.25) is 4.79 Å². The van der Waals surface area contributed by atoms with Crippen LogP contribution in [0.15, 0.2) is 54.6 Å². The lowest BCUT2D eigenvalue weighted by atomic mass is 10.0. The van der Waals surface area contributed by atoms with Gasteiger partial charge in [-0.15, -0.1) is 0 Å². The van der Waals surface area contributed by atoms with Gasteiger partial charge in [0.05, 0.1) is 18.5 Å². The van der Waals surface area contributed by atoms with E-state index in [9.17, 15) is 14.0 Å². The standard InChI is InChI=1S/C18H20FN3O2/c1-12(13-7-9-15(19)10-8-13)21-17(23)11-16(22-18(20)24)14-5-3-2-4-6-14/h2-10,12,16H,11H2,1H3,(H,21,23)(H3,20,22,24)/t12-,16-/m1/s1. The van der Waals surface area contributed by atoms with Gasteiger partial charge in [0.1, 0.15) is 5.82 Å². The van der Waals surface area contributed by atoms with Gasteiger partial charge in [-0.25, -0.2) is 9.18 Å². The first kappa shape index (κ1) is 17.5. The van der Waals surface area contributed by atoms with E-state index in [1.807, 2.05) is 37.3 Å². The molecule has 0 aliphatic heterocycles. The topological polar surface area (TPSA) is 84.2 Å². The number of carbonyl (C=O) groups is 2.